The van der Waals surface area contributed by atoms with Crippen molar-refractivity contribution >= 4 is 23.2 Å². The van der Waals surface area contributed by atoms with Crippen LogP contribution < -0.4 is 21.4 Å². The number of hydrogen-bond donors (Lipinski definition) is 2. The summed E-state index contributed by atoms with van der Waals surface area (Å²) in [6, 6.07) is 19.1. The van der Waals surface area contributed by atoms with Gasteiger partial charge in [0.1, 0.15) is 17.1 Å². The van der Waals surface area contributed by atoms with Crippen molar-refractivity contribution in [3.05, 3.63) is 138 Å². The zero-order valence-corrected chi connectivity index (χ0v) is 23.1. The first-order valence-electron chi connectivity index (χ1n) is 13.1. The molecule has 210 valence electrons. The molecular formula is C32H31N3O6. The predicted octanol–water partition coefficient (Wildman–Crippen LogP) is 4.19. The number of carbonyl (C=O) groups is 1. The van der Waals surface area contributed by atoms with Gasteiger partial charge in [0.25, 0.3) is 17.2 Å². The van der Waals surface area contributed by atoms with Crippen LogP contribution in [-0.2, 0) is 19.5 Å². The molecule has 2 aromatic heterocycles. The summed E-state index contributed by atoms with van der Waals surface area (Å²) >= 11 is 0. The van der Waals surface area contributed by atoms with Crippen molar-refractivity contribution in [3.8, 4) is 5.75 Å². The minimum Gasteiger partial charge on any atom is -0.506 e. The Hall–Kier alpha value is -5.18. The quantitative estimate of drug-likeness (QED) is 0.236. The summed E-state index contributed by atoms with van der Waals surface area (Å²) < 4.78 is 6.70. The van der Waals surface area contributed by atoms with Crippen LogP contribution in [0.15, 0.2) is 93.9 Å². The summed E-state index contributed by atoms with van der Waals surface area (Å²) in [6.45, 7) is 5.54. The molecule has 0 unspecified atom stereocenters. The highest BCUT2D eigenvalue weighted by molar-refractivity contribution is 5.96. The van der Waals surface area contributed by atoms with Gasteiger partial charge in [-0.3, -0.25) is 19.7 Å². The van der Waals surface area contributed by atoms with Gasteiger partial charge in [-0.15, -0.1) is 0 Å². The van der Waals surface area contributed by atoms with Gasteiger partial charge in [-0.05, 0) is 62.1 Å². The fraction of sp³-hybridized carbons (Fsp3) is 0.188. The number of non-ortho nitro benzene ring substituents is 1. The number of amides is 1. The van der Waals surface area contributed by atoms with Crippen molar-refractivity contribution < 1.29 is 19.2 Å². The van der Waals surface area contributed by atoms with Gasteiger partial charge in [-0.2, -0.15) is 0 Å². The van der Waals surface area contributed by atoms with Crippen molar-refractivity contribution in [2.24, 2.45) is 0 Å². The number of hydrogen-bond acceptors (Lipinski definition) is 6. The molecule has 0 radical (unpaired) electrons. The third-order valence-electron chi connectivity index (χ3n) is 6.64. The van der Waals surface area contributed by atoms with Gasteiger partial charge in [0.15, 0.2) is 0 Å². The Morgan fingerprint density at radius 3 is 2.34 bits per heavy atom. The monoisotopic (exact) mass is 553 g/mol. The molecule has 9 heteroatoms. The highest BCUT2D eigenvalue weighted by Gasteiger charge is 2.22. The van der Waals surface area contributed by atoms with Crippen LogP contribution >= 0.6 is 0 Å². The first kappa shape index (κ1) is 28.8. The SMILES string of the molecule is C/C=C(\C=c1/c(=C(C)C)c(O)c(C(=O)NCc2ccco2)c(=O)n1Cc1ccc([N+](=O)[O-])cc1)Cc1ccccc1. The Balaban J connectivity index is 1.92. The number of aromatic nitrogens is 1. The van der Waals surface area contributed by atoms with E-state index in [4.69, 9.17) is 4.42 Å². The number of nitro benzene ring substituents is 1. The molecule has 0 bridgehead atoms. The van der Waals surface area contributed by atoms with Gasteiger partial charge in [0, 0.05) is 17.4 Å². The number of nitrogens with zero attached hydrogens (tertiary/aromatic N) is 2. The fourth-order valence-electron chi connectivity index (χ4n) is 4.55. The number of rotatable bonds is 9. The fourth-order valence-corrected chi connectivity index (χ4v) is 4.55. The first-order valence-corrected chi connectivity index (χ1v) is 13.1. The number of nitrogens with one attached hydrogen (secondary N) is 1. The molecule has 0 saturated heterocycles. The summed E-state index contributed by atoms with van der Waals surface area (Å²) in [4.78, 5) is 37.9. The van der Waals surface area contributed by atoms with Gasteiger partial charge in [0.05, 0.1) is 29.6 Å². The topological polar surface area (TPSA) is 128 Å². The van der Waals surface area contributed by atoms with E-state index >= 15 is 0 Å². The Morgan fingerprint density at radius 1 is 1.05 bits per heavy atom. The normalized spacial score (nSPS) is 11.9. The maximum atomic E-state index is 14.0. The molecule has 2 heterocycles. The largest absolute Gasteiger partial charge is 0.506 e. The van der Waals surface area contributed by atoms with Crippen LogP contribution in [0.1, 0.15) is 48.0 Å². The average Bonchev–Trinajstić information content (AvgIpc) is 3.48. The standard InChI is InChI=1S/C32H31N3O6/c1-4-22(17-23-9-6-5-7-10-23)18-27-28(21(2)3)30(36)29(31(37)33-19-26-11-8-16-41-26)32(38)34(27)20-24-12-14-25(15-13-24)35(39)40/h4-16,18,36H,17,19-20H2,1-3H3,(H,33,37)/b22-4-,27-18+. The smallest absolute Gasteiger partial charge is 0.269 e. The lowest BCUT2D eigenvalue weighted by Crippen LogP contribution is -2.48. The van der Waals surface area contributed by atoms with Crippen molar-refractivity contribution in [2.45, 2.75) is 40.3 Å². The number of allylic oxidation sites excluding steroid dienone is 2. The maximum Gasteiger partial charge on any atom is 0.269 e. The average molecular weight is 554 g/mol. The third kappa shape index (κ3) is 6.70. The summed E-state index contributed by atoms with van der Waals surface area (Å²) in [5, 5.41) is 26.0. The number of furan rings is 1. The van der Waals surface area contributed by atoms with Gasteiger partial charge < -0.3 is 19.4 Å². The second-order valence-electron chi connectivity index (χ2n) is 9.73. The second kappa shape index (κ2) is 12.8. The molecule has 0 spiro atoms. The maximum absolute atomic E-state index is 14.0. The molecular weight excluding hydrogens is 522 g/mol. The summed E-state index contributed by atoms with van der Waals surface area (Å²) in [5.41, 5.74) is 2.12. The van der Waals surface area contributed by atoms with E-state index in [9.17, 15) is 24.8 Å². The van der Waals surface area contributed by atoms with Crippen molar-refractivity contribution in [3.63, 3.8) is 0 Å². The van der Waals surface area contributed by atoms with Gasteiger partial charge >= 0.3 is 0 Å². The Labute approximate surface area is 236 Å². The molecule has 0 saturated carbocycles. The highest BCUT2D eigenvalue weighted by Crippen LogP contribution is 2.14. The Kier molecular flexibility index (Phi) is 8.98. The van der Waals surface area contributed by atoms with Crippen LogP contribution in [-0.4, -0.2) is 20.5 Å². The predicted molar refractivity (Wildman–Crippen MR) is 157 cm³/mol. The molecule has 0 atom stereocenters. The lowest BCUT2D eigenvalue weighted by atomic mass is 10.0. The minimum atomic E-state index is -0.744. The molecule has 2 N–H and O–H groups in total. The van der Waals surface area contributed by atoms with Crippen LogP contribution in [0, 0.1) is 10.1 Å². The van der Waals surface area contributed by atoms with Crippen molar-refractivity contribution in [2.75, 3.05) is 0 Å². The molecule has 2 aromatic carbocycles. The molecule has 4 rings (SSSR count). The zero-order valence-electron chi connectivity index (χ0n) is 23.1. The summed E-state index contributed by atoms with van der Waals surface area (Å²) in [7, 11) is 0. The zero-order chi connectivity index (χ0) is 29.5. The van der Waals surface area contributed by atoms with Crippen LogP contribution in [0.2, 0.25) is 0 Å². The van der Waals surface area contributed by atoms with Gasteiger partial charge in [0.2, 0.25) is 0 Å². The molecule has 41 heavy (non-hydrogen) atoms. The van der Waals surface area contributed by atoms with E-state index in [-0.39, 0.29) is 18.8 Å². The molecule has 0 aliphatic carbocycles. The van der Waals surface area contributed by atoms with Crippen molar-refractivity contribution in [1.29, 1.82) is 0 Å². The number of pyridine rings is 1. The van der Waals surface area contributed by atoms with Crippen LogP contribution in [0.5, 0.6) is 5.75 Å². The summed E-state index contributed by atoms with van der Waals surface area (Å²) in [5.74, 6) is -0.662. The van der Waals surface area contributed by atoms with Crippen LogP contribution in [0.25, 0.3) is 11.6 Å². The molecule has 0 fully saturated rings. The van der Waals surface area contributed by atoms with Gasteiger partial charge in [-0.25, -0.2) is 0 Å². The summed E-state index contributed by atoms with van der Waals surface area (Å²) in [6.07, 6.45) is 5.83. The van der Waals surface area contributed by atoms with E-state index < -0.39 is 27.7 Å². The van der Waals surface area contributed by atoms with Gasteiger partial charge in [-0.1, -0.05) is 54.1 Å². The number of carbonyl (C=O) groups excluding carboxylic acids is 1. The van der Waals surface area contributed by atoms with E-state index in [1.54, 1.807) is 38.1 Å². The minimum absolute atomic E-state index is 0.0179. The molecule has 0 aliphatic rings. The number of aromatic hydroxyl groups is 1. The number of benzene rings is 2. The first-order chi connectivity index (χ1) is 19.7. The van der Waals surface area contributed by atoms with E-state index in [0.717, 1.165) is 11.1 Å². The van der Waals surface area contributed by atoms with E-state index in [2.05, 4.69) is 5.32 Å². The molecule has 4 aromatic rings. The Morgan fingerprint density at radius 2 is 1.76 bits per heavy atom. The molecule has 0 aliphatic heterocycles. The lowest BCUT2D eigenvalue weighted by molar-refractivity contribution is -0.384. The second-order valence-corrected chi connectivity index (χ2v) is 9.73. The number of nitro groups is 1. The highest BCUT2D eigenvalue weighted by atomic mass is 16.6. The molecule has 9 nitrogen and oxygen atoms in total. The van der Waals surface area contributed by atoms with E-state index in [1.165, 1.54) is 23.0 Å². The molecule has 1 amide bonds. The van der Waals surface area contributed by atoms with Crippen molar-refractivity contribution in [1.82, 2.24) is 9.88 Å². The lowest BCUT2D eigenvalue weighted by Gasteiger charge is -2.15. The third-order valence-corrected chi connectivity index (χ3v) is 6.64. The van der Waals surface area contributed by atoms with Crippen LogP contribution in [0.4, 0.5) is 5.69 Å². The van der Waals surface area contributed by atoms with E-state index in [1.807, 2.05) is 49.4 Å². The van der Waals surface area contributed by atoms with E-state index in [0.29, 0.717) is 33.9 Å². The Bertz CT molecular complexity index is 1760. The van der Waals surface area contributed by atoms with Crippen LogP contribution in [0.3, 0.4) is 0 Å².